The molecular weight excluding hydrogens is 136 g/mol. The molecule has 0 aromatic heterocycles. The fraction of sp³-hybridized carbons (Fsp3) is 0.400. The van der Waals surface area contributed by atoms with Gasteiger partial charge in [-0.15, -0.1) is 0 Å². The van der Waals surface area contributed by atoms with Gasteiger partial charge in [0, 0.05) is 7.05 Å². The summed E-state index contributed by atoms with van der Waals surface area (Å²) in [6.07, 6.45) is 3.68. The van der Waals surface area contributed by atoms with E-state index in [-0.39, 0.29) is 0 Å². The number of rotatable bonds is 2. The van der Waals surface area contributed by atoms with Gasteiger partial charge in [0.15, 0.2) is 5.49 Å². The van der Waals surface area contributed by atoms with E-state index in [2.05, 4.69) is 17.7 Å². The molecule has 0 spiro atoms. The molecule has 0 unspecified atom stereocenters. The van der Waals surface area contributed by atoms with Gasteiger partial charge in [-0.25, -0.2) is 4.84 Å². The molecule has 9 heavy (non-hydrogen) atoms. The summed E-state index contributed by atoms with van der Waals surface area (Å²) < 4.78 is 0. The minimum Gasteiger partial charge on any atom is -0.251 e. The molecule has 0 saturated carbocycles. The third kappa shape index (κ3) is 1.40. The molecule has 1 radical (unpaired) electrons. The molecule has 1 aliphatic heterocycles. The molecule has 1 rings (SSSR count). The van der Waals surface area contributed by atoms with Crippen LogP contribution in [0.2, 0.25) is 0 Å². The summed E-state index contributed by atoms with van der Waals surface area (Å²) in [7, 11) is 1.77. The van der Waals surface area contributed by atoms with Crippen LogP contribution in [0.4, 0.5) is 0 Å². The lowest BCUT2D eigenvalue weighted by molar-refractivity contribution is -0.185. The Hall–Kier alpha value is -0.610. The minimum atomic E-state index is 0.612. The Kier molecular flexibility index (Phi) is 2.02. The Morgan fingerprint density at radius 3 is 3.11 bits per heavy atom. The Balaban J connectivity index is 2.42. The van der Waals surface area contributed by atoms with Gasteiger partial charge >= 0.3 is 0 Å². The molecule has 0 fully saturated rings. The van der Waals surface area contributed by atoms with Crippen LogP contribution in [0.15, 0.2) is 12.3 Å². The maximum atomic E-state index is 5.02. The van der Waals surface area contributed by atoms with Crippen LogP contribution in [0.25, 0.3) is 0 Å². The molecule has 3 nitrogen and oxygen atoms in total. The summed E-state index contributed by atoms with van der Waals surface area (Å²) in [5.41, 5.74) is 2.47. The molecule has 0 bridgehead atoms. The average molecular weight is 143 g/mol. The third-order valence-electron chi connectivity index (χ3n) is 0.964. The SMILES string of the molecule is CN([C]=S)N1C=CCO1. The summed E-state index contributed by atoms with van der Waals surface area (Å²) in [4.78, 5) is 5.02. The van der Waals surface area contributed by atoms with E-state index in [1.807, 2.05) is 6.08 Å². The number of hydrogen-bond donors (Lipinski definition) is 0. The molecule has 0 atom stereocenters. The lowest BCUT2D eigenvalue weighted by Crippen LogP contribution is -2.31. The number of hydroxylamine groups is 1. The zero-order valence-electron chi connectivity index (χ0n) is 5.07. The van der Waals surface area contributed by atoms with Crippen molar-refractivity contribution in [1.82, 2.24) is 10.2 Å². The van der Waals surface area contributed by atoms with Crippen molar-refractivity contribution in [1.29, 1.82) is 0 Å². The van der Waals surface area contributed by atoms with Crippen LogP contribution < -0.4 is 0 Å². The third-order valence-corrected chi connectivity index (χ3v) is 1.23. The number of thiocarbonyl (C=S) groups is 1. The summed E-state index contributed by atoms with van der Waals surface area (Å²) in [5, 5.41) is 3.08. The highest BCUT2D eigenvalue weighted by atomic mass is 32.1. The monoisotopic (exact) mass is 143 g/mol. The van der Waals surface area contributed by atoms with Gasteiger partial charge in [-0.3, -0.25) is 5.01 Å². The number of hydrazine groups is 1. The normalized spacial score (nSPS) is 16.3. The van der Waals surface area contributed by atoms with Crippen molar-refractivity contribution in [3.63, 3.8) is 0 Å². The standard InChI is InChI=1S/C5H7N2OS/c1-6(5-9)7-3-2-4-8-7/h2-3H,4H2,1H3. The first-order valence-electron chi connectivity index (χ1n) is 2.55. The lowest BCUT2D eigenvalue weighted by Gasteiger charge is -2.21. The van der Waals surface area contributed by atoms with Gasteiger partial charge in [0.1, 0.15) is 0 Å². The second-order valence-corrected chi connectivity index (χ2v) is 1.78. The fourth-order valence-electron chi connectivity index (χ4n) is 0.522. The molecule has 0 aromatic rings. The van der Waals surface area contributed by atoms with Gasteiger partial charge in [-0.1, -0.05) is 12.2 Å². The van der Waals surface area contributed by atoms with Crippen LogP contribution in [0.3, 0.4) is 0 Å². The van der Waals surface area contributed by atoms with Crippen LogP contribution in [0, 0.1) is 0 Å². The van der Waals surface area contributed by atoms with Crippen molar-refractivity contribution in [2.45, 2.75) is 0 Å². The highest BCUT2D eigenvalue weighted by molar-refractivity contribution is 7.78. The number of hydrogen-bond acceptors (Lipinski definition) is 3. The van der Waals surface area contributed by atoms with Gasteiger partial charge < -0.3 is 0 Å². The van der Waals surface area contributed by atoms with E-state index < -0.39 is 0 Å². The Morgan fingerprint density at radius 2 is 2.67 bits per heavy atom. The fourth-order valence-corrected chi connectivity index (χ4v) is 0.603. The quantitative estimate of drug-likeness (QED) is 0.411. The molecule has 0 saturated heterocycles. The van der Waals surface area contributed by atoms with Crippen LogP contribution in [0.1, 0.15) is 0 Å². The van der Waals surface area contributed by atoms with E-state index in [4.69, 9.17) is 4.84 Å². The minimum absolute atomic E-state index is 0.612. The maximum Gasteiger partial charge on any atom is 0.159 e. The topological polar surface area (TPSA) is 15.7 Å². The number of nitrogens with zero attached hydrogens (tertiary/aromatic N) is 2. The lowest BCUT2D eigenvalue weighted by atomic mass is 10.7. The molecule has 49 valence electrons. The largest absolute Gasteiger partial charge is 0.251 e. The van der Waals surface area contributed by atoms with E-state index in [1.54, 1.807) is 18.3 Å². The predicted octanol–water partition coefficient (Wildman–Crippen LogP) is 0.428. The van der Waals surface area contributed by atoms with Crippen LogP contribution in [-0.4, -0.2) is 29.3 Å². The van der Waals surface area contributed by atoms with Crippen molar-refractivity contribution in [3.8, 4) is 0 Å². The summed E-state index contributed by atoms with van der Waals surface area (Å²) in [5.74, 6) is 0. The van der Waals surface area contributed by atoms with Crippen molar-refractivity contribution in [3.05, 3.63) is 12.3 Å². The predicted molar refractivity (Wildman–Crippen MR) is 37.3 cm³/mol. The van der Waals surface area contributed by atoms with E-state index in [1.165, 1.54) is 5.17 Å². The molecular formula is C5H7N2OS. The Morgan fingerprint density at radius 1 is 1.89 bits per heavy atom. The average Bonchev–Trinajstić information content (AvgIpc) is 2.37. The van der Waals surface area contributed by atoms with E-state index >= 15 is 0 Å². The van der Waals surface area contributed by atoms with E-state index in [0.29, 0.717) is 6.61 Å². The highest BCUT2D eigenvalue weighted by Gasteiger charge is 2.06. The molecule has 1 aliphatic rings. The zero-order chi connectivity index (χ0) is 6.69. The Bertz CT molecular complexity index is 137. The van der Waals surface area contributed by atoms with Gasteiger partial charge in [0.05, 0.1) is 12.8 Å². The molecule has 0 aromatic carbocycles. The molecule has 0 amide bonds. The summed E-state index contributed by atoms with van der Waals surface area (Å²) >= 11 is 4.53. The van der Waals surface area contributed by atoms with Gasteiger partial charge in [-0.2, -0.15) is 5.17 Å². The molecule has 4 heteroatoms. The zero-order valence-corrected chi connectivity index (χ0v) is 5.89. The maximum absolute atomic E-state index is 5.02. The molecule has 0 N–H and O–H groups in total. The second kappa shape index (κ2) is 2.80. The van der Waals surface area contributed by atoms with E-state index in [0.717, 1.165) is 0 Å². The van der Waals surface area contributed by atoms with Gasteiger partial charge in [0.2, 0.25) is 0 Å². The van der Waals surface area contributed by atoms with Crippen LogP contribution in [-0.2, 0) is 4.84 Å². The van der Waals surface area contributed by atoms with Crippen LogP contribution >= 0.6 is 12.2 Å². The van der Waals surface area contributed by atoms with Crippen LogP contribution in [0.5, 0.6) is 0 Å². The smallest absolute Gasteiger partial charge is 0.159 e. The van der Waals surface area contributed by atoms with Crippen molar-refractivity contribution >= 4 is 17.7 Å². The van der Waals surface area contributed by atoms with Crippen molar-refractivity contribution in [2.24, 2.45) is 0 Å². The first kappa shape index (κ1) is 6.51. The molecule has 0 aliphatic carbocycles. The van der Waals surface area contributed by atoms with Crippen molar-refractivity contribution < 1.29 is 4.84 Å². The summed E-state index contributed by atoms with van der Waals surface area (Å²) in [6.45, 7) is 0.612. The first-order valence-corrected chi connectivity index (χ1v) is 2.95. The molecule has 1 heterocycles. The Labute approximate surface area is 59.4 Å². The second-order valence-electron chi connectivity index (χ2n) is 1.60. The first-order chi connectivity index (χ1) is 4.34. The summed E-state index contributed by atoms with van der Waals surface area (Å²) in [6, 6.07) is 0. The highest BCUT2D eigenvalue weighted by Crippen LogP contribution is 2.01. The van der Waals surface area contributed by atoms with Gasteiger partial charge in [0.25, 0.3) is 0 Å². The van der Waals surface area contributed by atoms with Crippen molar-refractivity contribution in [2.75, 3.05) is 13.7 Å². The van der Waals surface area contributed by atoms with E-state index in [9.17, 15) is 0 Å². The van der Waals surface area contributed by atoms with Gasteiger partial charge in [-0.05, 0) is 6.08 Å².